The van der Waals surface area contributed by atoms with Gasteiger partial charge in [-0.05, 0) is 97.6 Å². The van der Waals surface area contributed by atoms with Gasteiger partial charge < -0.3 is 30.6 Å². The van der Waals surface area contributed by atoms with Crippen LogP contribution in [-0.2, 0) is 35.3 Å². The second kappa shape index (κ2) is 12.5. The fourth-order valence-corrected chi connectivity index (χ4v) is 8.90. The van der Waals surface area contributed by atoms with Crippen LogP contribution >= 0.6 is 0 Å². The van der Waals surface area contributed by atoms with Gasteiger partial charge >= 0.3 is 0 Å². The molecule has 0 spiro atoms. The number of carbonyl (C=O) groups excluding carboxylic acids is 2. The minimum Gasteiger partial charge on any atom is -0.392 e. The minimum atomic E-state index is -0.851. The largest absolute Gasteiger partial charge is 0.392 e. The Kier molecular flexibility index (Phi) is 8.55. The highest BCUT2D eigenvalue weighted by molar-refractivity contribution is 5.97. The van der Waals surface area contributed by atoms with Crippen molar-refractivity contribution in [3.63, 3.8) is 0 Å². The smallest absolute Gasteiger partial charge is 0.227 e. The molecule has 4 N–H and O–H groups in total. The van der Waals surface area contributed by atoms with Crippen LogP contribution in [0.15, 0.2) is 12.1 Å². The van der Waals surface area contributed by atoms with E-state index >= 15 is 0 Å². The van der Waals surface area contributed by atoms with Crippen LogP contribution in [0.2, 0.25) is 0 Å². The molecule has 46 heavy (non-hydrogen) atoms. The number of aliphatic hydroxyl groups is 2. The molecule has 2 unspecified atom stereocenters. The van der Waals surface area contributed by atoms with Crippen LogP contribution in [-0.4, -0.2) is 60.4 Å². The predicted molar refractivity (Wildman–Crippen MR) is 184 cm³/mol. The molecule has 0 bridgehead atoms. The van der Waals surface area contributed by atoms with Gasteiger partial charge in [0.1, 0.15) is 0 Å². The number of nitrogens with zero attached hydrogens (tertiary/aromatic N) is 2. The fourth-order valence-electron chi connectivity index (χ4n) is 8.90. The van der Waals surface area contributed by atoms with Crippen molar-refractivity contribution < 1.29 is 19.8 Å². The van der Waals surface area contributed by atoms with Gasteiger partial charge in [-0.3, -0.25) is 9.59 Å². The molecule has 248 valence electrons. The van der Waals surface area contributed by atoms with Crippen LogP contribution in [0, 0.1) is 11.8 Å². The number of nitrogens with one attached hydrogen (secondary N) is 2. The molecule has 0 aromatic heterocycles. The van der Waals surface area contributed by atoms with E-state index < -0.39 is 24.0 Å². The molecule has 1 fully saturated rings. The molecule has 1 aliphatic carbocycles. The van der Waals surface area contributed by atoms with Crippen LogP contribution < -0.4 is 20.4 Å². The van der Waals surface area contributed by atoms with Gasteiger partial charge in [-0.2, -0.15) is 0 Å². The summed E-state index contributed by atoms with van der Waals surface area (Å²) in [5.74, 6) is -1.36. The fraction of sp³-hybridized carbons (Fsp3) is 0.632. The van der Waals surface area contributed by atoms with Gasteiger partial charge in [0.15, 0.2) is 0 Å². The van der Waals surface area contributed by atoms with Gasteiger partial charge in [0.25, 0.3) is 0 Å². The number of hydrogen-bond acceptors (Lipinski definition) is 6. The molecular formula is C38H52N4O4. The van der Waals surface area contributed by atoms with Gasteiger partial charge in [-0.15, -0.1) is 0 Å². The molecule has 2 aromatic rings. The molecule has 5 aliphatic rings. The van der Waals surface area contributed by atoms with E-state index in [9.17, 15) is 19.8 Å². The number of anilines is 4. The molecule has 0 saturated heterocycles. The molecule has 8 heteroatoms. The molecule has 2 aromatic carbocycles. The van der Waals surface area contributed by atoms with Crippen molar-refractivity contribution in [2.45, 2.75) is 116 Å². The average molecular weight is 629 g/mol. The number of aryl methyl sites for hydroxylation is 2. The average Bonchev–Trinajstić information content (AvgIpc) is 3.07. The number of rotatable bonds is 8. The highest BCUT2D eigenvalue weighted by atomic mass is 16.3. The first kappa shape index (κ1) is 31.5. The van der Waals surface area contributed by atoms with Crippen LogP contribution in [0.25, 0.3) is 0 Å². The van der Waals surface area contributed by atoms with Crippen molar-refractivity contribution in [3.05, 3.63) is 45.5 Å². The summed E-state index contributed by atoms with van der Waals surface area (Å²) < 4.78 is 0. The number of amides is 2. The van der Waals surface area contributed by atoms with Crippen LogP contribution in [0.4, 0.5) is 22.7 Å². The first-order valence-corrected chi connectivity index (χ1v) is 18.1. The third kappa shape index (κ3) is 5.11. The van der Waals surface area contributed by atoms with Crippen molar-refractivity contribution in [2.75, 3.05) is 46.6 Å². The molecule has 7 rings (SSSR count). The van der Waals surface area contributed by atoms with Crippen molar-refractivity contribution >= 4 is 34.6 Å². The lowest BCUT2D eigenvalue weighted by Crippen LogP contribution is -2.52. The molecule has 4 aliphatic heterocycles. The lowest BCUT2D eigenvalue weighted by molar-refractivity contribution is -0.120. The summed E-state index contributed by atoms with van der Waals surface area (Å²) in [5, 5.41) is 30.9. The molecule has 8 nitrogen and oxygen atoms in total. The van der Waals surface area contributed by atoms with Crippen molar-refractivity contribution in [1.29, 1.82) is 0 Å². The van der Waals surface area contributed by atoms with E-state index in [-0.39, 0.29) is 23.7 Å². The maximum absolute atomic E-state index is 13.4. The Morgan fingerprint density at radius 3 is 1.43 bits per heavy atom. The quantitative estimate of drug-likeness (QED) is 0.301. The third-order valence-electron chi connectivity index (χ3n) is 11.9. The molecule has 1 saturated carbocycles. The van der Waals surface area contributed by atoms with Gasteiger partial charge in [0.2, 0.25) is 11.8 Å². The zero-order valence-corrected chi connectivity index (χ0v) is 28.1. The minimum absolute atomic E-state index is 0.0129. The summed E-state index contributed by atoms with van der Waals surface area (Å²) in [6.45, 7) is 12.1. The second-order valence-electron chi connectivity index (χ2n) is 14.7. The van der Waals surface area contributed by atoms with E-state index in [1.807, 2.05) is 27.7 Å². The van der Waals surface area contributed by atoms with Gasteiger partial charge in [-0.1, -0.05) is 39.8 Å². The Morgan fingerprint density at radius 2 is 1.07 bits per heavy atom. The third-order valence-corrected chi connectivity index (χ3v) is 11.9. The number of benzene rings is 2. The second-order valence-corrected chi connectivity index (χ2v) is 14.7. The first-order valence-electron chi connectivity index (χ1n) is 18.1. The molecule has 0 radical (unpaired) electrons. The Hall–Kier alpha value is -3.10. The summed E-state index contributed by atoms with van der Waals surface area (Å²) in [7, 11) is 0. The Morgan fingerprint density at radius 1 is 0.696 bits per heavy atom. The van der Waals surface area contributed by atoms with Crippen LogP contribution in [0.1, 0.15) is 111 Å². The lowest BCUT2D eigenvalue weighted by Gasteiger charge is -2.50. The summed E-state index contributed by atoms with van der Waals surface area (Å²) in [6.07, 6.45) is 7.67. The highest BCUT2D eigenvalue weighted by Crippen LogP contribution is 2.56. The molecule has 2 amide bonds. The van der Waals surface area contributed by atoms with E-state index in [1.54, 1.807) is 0 Å². The summed E-state index contributed by atoms with van der Waals surface area (Å²) >= 11 is 0. The number of hydrogen-bond donors (Lipinski definition) is 4. The Balaban J connectivity index is 1.31. The zero-order chi connectivity index (χ0) is 32.3. The standard InChI is InChI=1S/C38H52N4O4/c1-5-21(3)37(45)39-31-25-13-9-17-41-15-7-11-23(33(25)41)19-27(31)29-35(43)30(36(29)44)28-20-24-12-8-16-42-18-10-14-26(34(24)42)32(28)40-38(46)22(4)6-2/h19-22,29-30,35-36,43-44H,5-18H2,1-4H3,(H,39,45)(H,40,46). The zero-order valence-electron chi connectivity index (χ0n) is 28.1. The highest BCUT2D eigenvalue weighted by Gasteiger charge is 2.53. The topological polar surface area (TPSA) is 105 Å². The summed E-state index contributed by atoms with van der Waals surface area (Å²) in [6, 6.07) is 4.35. The summed E-state index contributed by atoms with van der Waals surface area (Å²) in [5.41, 5.74) is 10.7. The molecular weight excluding hydrogens is 576 g/mol. The molecule has 2 atom stereocenters. The predicted octanol–water partition coefficient (Wildman–Crippen LogP) is 5.66. The normalized spacial score (nSPS) is 26.0. The van der Waals surface area contributed by atoms with Gasteiger partial charge in [-0.25, -0.2) is 0 Å². The Bertz CT molecular complexity index is 1410. The monoisotopic (exact) mass is 628 g/mol. The first-order chi connectivity index (χ1) is 22.2. The number of aliphatic hydroxyl groups excluding tert-OH is 2. The maximum Gasteiger partial charge on any atom is 0.227 e. The molecule has 4 heterocycles. The van der Waals surface area contributed by atoms with Gasteiger partial charge in [0.05, 0.1) is 12.2 Å². The SMILES string of the molecule is CCC(C)C(=O)Nc1c(C2C(O)C(c3cc4c5c(c3NC(=O)C(C)CC)CCCN5CCC4)C2O)cc2c3c1CCCN3CCC2. The van der Waals surface area contributed by atoms with E-state index in [0.29, 0.717) is 0 Å². The van der Waals surface area contributed by atoms with Crippen molar-refractivity contribution in [2.24, 2.45) is 11.8 Å². The summed E-state index contributed by atoms with van der Waals surface area (Å²) in [4.78, 5) is 31.7. The van der Waals surface area contributed by atoms with Crippen LogP contribution in [0.5, 0.6) is 0 Å². The van der Waals surface area contributed by atoms with Crippen molar-refractivity contribution in [3.8, 4) is 0 Å². The van der Waals surface area contributed by atoms with E-state index in [4.69, 9.17) is 0 Å². The van der Waals surface area contributed by atoms with E-state index in [1.165, 1.54) is 22.5 Å². The van der Waals surface area contributed by atoms with E-state index in [0.717, 1.165) is 124 Å². The lowest BCUT2D eigenvalue weighted by atomic mass is 9.61. The van der Waals surface area contributed by atoms with Crippen molar-refractivity contribution in [1.82, 2.24) is 0 Å². The van der Waals surface area contributed by atoms with E-state index in [2.05, 4.69) is 32.6 Å². The Labute approximate surface area is 273 Å². The maximum atomic E-state index is 13.4. The van der Waals surface area contributed by atoms with Gasteiger partial charge in [0, 0.05) is 72.6 Å². The number of carbonyl (C=O) groups is 2. The van der Waals surface area contributed by atoms with Crippen LogP contribution in [0.3, 0.4) is 0 Å².